The number of ether oxygens (including phenoxy) is 3. The number of ketones is 1. The fourth-order valence-electron chi connectivity index (χ4n) is 3.69. The van der Waals surface area contributed by atoms with Gasteiger partial charge in [0, 0.05) is 22.5 Å². The minimum Gasteiger partial charge on any atom is -0.508 e. The van der Waals surface area contributed by atoms with Gasteiger partial charge in [-0.3, -0.25) is 4.79 Å². The van der Waals surface area contributed by atoms with E-state index in [1.165, 1.54) is 18.2 Å². The van der Waals surface area contributed by atoms with Crippen LogP contribution in [0, 0.1) is 0 Å². The molecule has 0 unspecified atom stereocenters. The molecule has 2 aromatic carbocycles. The lowest BCUT2D eigenvalue weighted by molar-refractivity contribution is 0.0425. The number of benzene rings is 2. The van der Waals surface area contributed by atoms with Crippen LogP contribution in [0.4, 0.5) is 0 Å². The maximum absolute atomic E-state index is 12.7. The number of carbonyl (C=O) groups is 2. The lowest BCUT2D eigenvalue weighted by Crippen LogP contribution is -2.23. The van der Waals surface area contributed by atoms with Gasteiger partial charge in [-0.15, -0.1) is 0 Å². The summed E-state index contributed by atoms with van der Waals surface area (Å²) in [6, 6.07) is 9.85. The Balaban J connectivity index is 1.73. The van der Waals surface area contributed by atoms with E-state index in [2.05, 4.69) is 0 Å². The molecule has 5 rings (SSSR count). The van der Waals surface area contributed by atoms with E-state index in [1.807, 2.05) is 22.8 Å². The van der Waals surface area contributed by atoms with Crippen molar-refractivity contribution in [2.75, 3.05) is 13.7 Å². The summed E-state index contributed by atoms with van der Waals surface area (Å²) in [6.07, 6.45) is 1.56. The Bertz CT molecular complexity index is 1200. The third-order valence-corrected chi connectivity index (χ3v) is 4.98. The molecule has 0 saturated heterocycles. The summed E-state index contributed by atoms with van der Waals surface area (Å²) in [7, 11) is 1.57. The topological polar surface area (TPSA) is 87.0 Å². The van der Waals surface area contributed by atoms with Crippen LogP contribution >= 0.6 is 0 Å². The molecule has 0 fully saturated rings. The maximum atomic E-state index is 12.7. The van der Waals surface area contributed by atoms with Crippen LogP contribution in [0.5, 0.6) is 17.2 Å². The van der Waals surface area contributed by atoms with Gasteiger partial charge in [-0.2, -0.15) is 0 Å². The molecule has 0 amide bonds. The monoisotopic (exact) mass is 377 g/mol. The maximum Gasteiger partial charge on any atom is 0.355 e. The van der Waals surface area contributed by atoms with Gasteiger partial charge in [0.05, 0.1) is 19.2 Å². The highest BCUT2D eigenvalue weighted by Gasteiger charge is 2.31. The normalized spacial score (nSPS) is 16.7. The van der Waals surface area contributed by atoms with Crippen molar-refractivity contribution in [1.29, 1.82) is 0 Å². The molecule has 140 valence electrons. The second-order valence-electron chi connectivity index (χ2n) is 6.55. The Labute approximate surface area is 159 Å². The first kappa shape index (κ1) is 16.4. The van der Waals surface area contributed by atoms with Crippen molar-refractivity contribution in [3.63, 3.8) is 0 Å². The number of phenolic OH excluding ortho intramolecular Hbond substituents is 1. The Morgan fingerprint density at radius 3 is 2.86 bits per heavy atom. The zero-order valence-electron chi connectivity index (χ0n) is 14.9. The van der Waals surface area contributed by atoms with Gasteiger partial charge in [0.1, 0.15) is 29.5 Å². The Morgan fingerprint density at radius 2 is 2.04 bits per heavy atom. The number of hydrogen-bond donors (Lipinski definition) is 1. The average Bonchev–Trinajstić information content (AvgIpc) is 3.17. The van der Waals surface area contributed by atoms with Crippen LogP contribution in [-0.2, 0) is 11.3 Å². The molecular formula is C21H15NO6. The van der Waals surface area contributed by atoms with Gasteiger partial charge in [0.15, 0.2) is 5.76 Å². The average molecular weight is 377 g/mol. The summed E-state index contributed by atoms with van der Waals surface area (Å²) in [5, 5.41) is 10.4. The van der Waals surface area contributed by atoms with Crippen LogP contribution in [0.15, 0.2) is 42.2 Å². The number of rotatable bonds is 2. The standard InChI is InChI=1S/C21H15NO6/c1-26-12-3-5-16-14(9-12)15(19-21(25)27-7-6-22(16)19)10-18-20(24)13-4-2-11(23)8-17(13)28-18/h2-5,8-10,23H,6-7H2,1H3/b18-10+. The van der Waals surface area contributed by atoms with Crippen LogP contribution < -0.4 is 9.47 Å². The van der Waals surface area contributed by atoms with Gasteiger partial charge >= 0.3 is 5.97 Å². The molecule has 7 nitrogen and oxygen atoms in total. The van der Waals surface area contributed by atoms with Crippen LogP contribution in [0.25, 0.3) is 17.0 Å². The van der Waals surface area contributed by atoms with Gasteiger partial charge in [0.2, 0.25) is 5.78 Å². The van der Waals surface area contributed by atoms with E-state index in [0.29, 0.717) is 29.1 Å². The van der Waals surface area contributed by atoms with Crippen molar-refractivity contribution in [2.45, 2.75) is 6.54 Å². The van der Waals surface area contributed by atoms with Crippen molar-refractivity contribution >= 4 is 28.7 Å². The largest absolute Gasteiger partial charge is 0.508 e. The zero-order chi connectivity index (χ0) is 19.4. The minimum absolute atomic E-state index is 0.00723. The summed E-state index contributed by atoms with van der Waals surface area (Å²) in [4.78, 5) is 25.2. The molecule has 2 aliphatic heterocycles. The van der Waals surface area contributed by atoms with E-state index < -0.39 is 5.97 Å². The van der Waals surface area contributed by atoms with Gasteiger partial charge in [0.25, 0.3) is 0 Å². The van der Waals surface area contributed by atoms with E-state index in [0.717, 1.165) is 10.9 Å². The molecule has 3 heterocycles. The van der Waals surface area contributed by atoms with Gasteiger partial charge in [-0.1, -0.05) is 0 Å². The molecule has 2 aliphatic rings. The van der Waals surface area contributed by atoms with E-state index >= 15 is 0 Å². The summed E-state index contributed by atoms with van der Waals surface area (Å²) >= 11 is 0. The number of Topliss-reactive ketones (excluding diaryl/α,β-unsaturated/α-hetero) is 1. The predicted octanol–water partition coefficient (Wildman–Crippen LogP) is 3.14. The highest BCUT2D eigenvalue weighted by Crippen LogP contribution is 2.37. The number of phenols is 1. The van der Waals surface area contributed by atoms with Crippen LogP contribution in [0.1, 0.15) is 26.4 Å². The molecule has 0 saturated carbocycles. The van der Waals surface area contributed by atoms with Crippen LogP contribution in [0.2, 0.25) is 0 Å². The number of nitrogens with zero attached hydrogens (tertiary/aromatic N) is 1. The van der Waals surface area contributed by atoms with Gasteiger partial charge < -0.3 is 23.9 Å². The van der Waals surface area contributed by atoms with E-state index in [9.17, 15) is 14.7 Å². The molecule has 0 aliphatic carbocycles. The number of cyclic esters (lactones) is 1. The lowest BCUT2D eigenvalue weighted by atomic mass is 10.1. The van der Waals surface area contributed by atoms with E-state index in [4.69, 9.17) is 14.2 Å². The summed E-state index contributed by atoms with van der Waals surface area (Å²) in [5.74, 6) is 0.248. The number of methoxy groups -OCH3 is 1. The Morgan fingerprint density at radius 1 is 1.18 bits per heavy atom. The Kier molecular flexibility index (Phi) is 3.45. The zero-order valence-corrected chi connectivity index (χ0v) is 14.9. The van der Waals surface area contributed by atoms with Crippen molar-refractivity contribution in [2.24, 2.45) is 0 Å². The van der Waals surface area contributed by atoms with Crippen LogP contribution in [0.3, 0.4) is 0 Å². The molecule has 0 atom stereocenters. The summed E-state index contributed by atoms with van der Waals surface area (Å²) in [6.45, 7) is 0.813. The Hall–Kier alpha value is -3.74. The number of allylic oxidation sites excluding steroid dienone is 1. The van der Waals surface area contributed by atoms with Crippen molar-refractivity contribution in [1.82, 2.24) is 4.57 Å². The smallest absolute Gasteiger partial charge is 0.355 e. The van der Waals surface area contributed by atoms with E-state index in [1.54, 1.807) is 13.2 Å². The molecule has 7 heteroatoms. The first-order chi connectivity index (χ1) is 13.6. The summed E-state index contributed by atoms with van der Waals surface area (Å²) in [5.41, 5.74) is 2.12. The molecule has 0 radical (unpaired) electrons. The fraction of sp³-hybridized carbons (Fsp3) is 0.143. The van der Waals surface area contributed by atoms with Gasteiger partial charge in [-0.25, -0.2) is 4.79 Å². The van der Waals surface area contributed by atoms with Crippen molar-refractivity contribution in [3.05, 3.63) is 59.0 Å². The molecular weight excluding hydrogens is 362 g/mol. The second kappa shape index (κ2) is 5.88. The highest BCUT2D eigenvalue weighted by atomic mass is 16.5. The molecule has 0 bridgehead atoms. The second-order valence-corrected chi connectivity index (χ2v) is 6.55. The molecule has 0 spiro atoms. The lowest BCUT2D eigenvalue weighted by Gasteiger charge is -2.16. The number of carbonyl (C=O) groups excluding carboxylic acids is 2. The number of aromatic nitrogens is 1. The summed E-state index contributed by atoms with van der Waals surface area (Å²) < 4.78 is 18.1. The fourth-order valence-corrected chi connectivity index (χ4v) is 3.69. The molecule has 3 aromatic rings. The SMILES string of the molecule is COc1ccc2c(c1)c(/C=C1/Oc3cc(O)ccc3C1=O)c1n2CCOC1=O. The minimum atomic E-state index is -0.450. The van der Waals surface area contributed by atoms with Gasteiger partial charge in [-0.05, 0) is 36.4 Å². The van der Waals surface area contributed by atoms with E-state index in [-0.39, 0.29) is 29.6 Å². The molecule has 1 N–H and O–H groups in total. The first-order valence-corrected chi connectivity index (χ1v) is 8.71. The number of esters is 1. The van der Waals surface area contributed by atoms with Crippen molar-refractivity contribution < 1.29 is 28.9 Å². The van der Waals surface area contributed by atoms with Crippen LogP contribution in [-0.4, -0.2) is 35.1 Å². The third kappa shape index (κ3) is 2.29. The first-order valence-electron chi connectivity index (χ1n) is 8.71. The molecule has 1 aromatic heterocycles. The number of fused-ring (bicyclic) bond motifs is 4. The van der Waals surface area contributed by atoms with Crippen molar-refractivity contribution in [3.8, 4) is 17.2 Å². The quantitative estimate of drug-likeness (QED) is 0.545. The number of aromatic hydroxyl groups is 1. The number of hydrogen-bond acceptors (Lipinski definition) is 6. The highest BCUT2D eigenvalue weighted by molar-refractivity contribution is 6.16. The third-order valence-electron chi connectivity index (χ3n) is 4.98. The molecule has 28 heavy (non-hydrogen) atoms. The predicted molar refractivity (Wildman–Crippen MR) is 99.8 cm³/mol.